The van der Waals surface area contributed by atoms with Gasteiger partial charge in [-0.15, -0.1) is 0 Å². The first-order valence-electron chi connectivity index (χ1n) is 9.72. The molecule has 1 atom stereocenters. The normalized spacial score (nSPS) is 18.3. The van der Waals surface area contributed by atoms with Gasteiger partial charge in [-0.1, -0.05) is 30.3 Å². The highest BCUT2D eigenvalue weighted by atomic mass is 16.6. The number of amides is 2. The van der Waals surface area contributed by atoms with Gasteiger partial charge >= 0.3 is 0 Å². The summed E-state index contributed by atoms with van der Waals surface area (Å²) in [7, 11) is 1.60. The van der Waals surface area contributed by atoms with Crippen molar-refractivity contribution in [3.8, 4) is 17.2 Å². The Labute approximate surface area is 169 Å². The van der Waals surface area contributed by atoms with Crippen LogP contribution in [0.2, 0.25) is 0 Å². The predicted octanol–water partition coefficient (Wildman–Crippen LogP) is 1.75. The van der Waals surface area contributed by atoms with Crippen molar-refractivity contribution in [2.45, 2.75) is 12.5 Å². The number of ether oxygens (including phenoxy) is 3. The van der Waals surface area contributed by atoms with Crippen LogP contribution in [-0.4, -0.2) is 67.6 Å². The van der Waals surface area contributed by atoms with Gasteiger partial charge in [0, 0.05) is 31.7 Å². The first-order valence-corrected chi connectivity index (χ1v) is 9.72. The number of para-hydroxylation sites is 3. The first kappa shape index (κ1) is 19.1. The Morgan fingerprint density at radius 2 is 1.62 bits per heavy atom. The van der Waals surface area contributed by atoms with E-state index in [4.69, 9.17) is 14.2 Å². The molecule has 0 aliphatic carbocycles. The molecule has 0 bridgehead atoms. The van der Waals surface area contributed by atoms with Gasteiger partial charge in [0.25, 0.3) is 5.91 Å². The number of hydrogen-bond acceptors (Lipinski definition) is 5. The van der Waals surface area contributed by atoms with E-state index in [1.807, 2.05) is 42.5 Å². The lowest BCUT2D eigenvalue weighted by atomic mass is 10.1. The quantitative estimate of drug-likeness (QED) is 0.788. The zero-order chi connectivity index (χ0) is 20.2. The SMILES string of the molecule is COc1ccccc1CC(=O)N1CCN(C(=O)C2COc3ccccc3O2)CC1. The Morgan fingerprint density at radius 3 is 2.38 bits per heavy atom. The molecule has 2 aliphatic rings. The number of rotatable bonds is 4. The lowest BCUT2D eigenvalue weighted by Gasteiger charge is -2.37. The molecule has 7 heteroatoms. The molecule has 0 spiro atoms. The van der Waals surface area contributed by atoms with Gasteiger partial charge in [-0.3, -0.25) is 9.59 Å². The molecule has 7 nitrogen and oxygen atoms in total. The Balaban J connectivity index is 1.31. The maximum atomic E-state index is 12.8. The van der Waals surface area contributed by atoms with E-state index in [2.05, 4.69) is 0 Å². The van der Waals surface area contributed by atoms with Crippen LogP contribution in [-0.2, 0) is 16.0 Å². The van der Waals surface area contributed by atoms with Gasteiger partial charge in [0.1, 0.15) is 12.4 Å². The molecular weight excluding hydrogens is 372 g/mol. The van der Waals surface area contributed by atoms with Crippen molar-refractivity contribution < 1.29 is 23.8 Å². The minimum Gasteiger partial charge on any atom is -0.496 e. The van der Waals surface area contributed by atoms with Gasteiger partial charge in [-0.05, 0) is 18.2 Å². The molecule has 1 fully saturated rings. The second-order valence-electron chi connectivity index (χ2n) is 7.06. The number of fused-ring (bicyclic) bond motifs is 1. The molecule has 1 unspecified atom stereocenters. The van der Waals surface area contributed by atoms with Crippen LogP contribution in [0.15, 0.2) is 48.5 Å². The van der Waals surface area contributed by atoms with Gasteiger partial charge in [0.15, 0.2) is 11.5 Å². The average Bonchev–Trinajstić information content (AvgIpc) is 2.78. The third-order valence-electron chi connectivity index (χ3n) is 5.26. The minimum atomic E-state index is -0.652. The van der Waals surface area contributed by atoms with E-state index in [0.29, 0.717) is 43.4 Å². The van der Waals surface area contributed by atoms with E-state index in [0.717, 1.165) is 5.56 Å². The van der Waals surface area contributed by atoms with E-state index < -0.39 is 6.10 Å². The van der Waals surface area contributed by atoms with Gasteiger partial charge in [0.2, 0.25) is 12.0 Å². The summed E-state index contributed by atoms with van der Waals surface area (Å²) in [5.74, 6) is 1.89. The highest BCUT2D eigenvalue weighted by Crippen LogP contribution is 2.31. The molecule has 1 saturated heterocycles. The van der Waals surface area contributed by atoms with E-state index >= 15 is 0 Å². The lowest BCUT2D eigenvalue weighted by molar-refractivity contribution is -0.146. The van der Waals surface area contributed by atoms with Crippen LogP contribution in [0.4, 0.5) is 0 Å². The average molecular weight is 396 g/mol. The van der Waals surface area contributed by atoms with E-state index in [-0.39, 0.29) is 24.8 Å². The number of benzene rings is 2. The van der Waals surface area contributed by atoms with Crippen LogP contribution in [0.25, 0.3) is 0 Å². The van der Waals surface area contributed by atoms with Crippen molar-refractivity contribution in [3.05, 3.63) is 54.1 Å². The lowest BCUT2D eigenvalue weighted by Crippen LogP contribution is -2.55. The minimum absolute atomic E-state index is 0.0350. The summed E-state index contributed by atoms with van der Waals surface area (Å²) >= 11 is 0. The van der Waals surface area contributed by atoms with Crippen molar-refractivity contribution >= 4 is 11.8 Å². The van der Waals surface area contributed by atoms with Crippen molar-refractivity contribution in [1.82, 2.24) is 9.80 Å². The van der Waals surface area contributed by atoms with Crippen LogP contribution in [0, 0.1) is 0 Å². The number of carbonyl (C=O) groups is 2. The molecule has 2 amide bonds. The molecule has 29 heavy (non-hydrogen) atoms. The Morgan fingerprint density at radius 1 is 0.966 bits per heavy atom. The van der Waals surface area contributed by atoms with E-state index in [9.17, 15) is 9.59 Å². The van der Waals surface area contributed by atoms with Crippen molar-refractivity contribution in [2.75, 3.05) is 39.9 Å². The molecule has 2 aliphatic heterocycles. The molecule has 2 aromatic rings. The summed E-state index contributed by atoms with van der Waals surface area (Å²) in [6, 6.07) is 14.9. The monoisotopic (exact) mass is 396 g/mol. The second-order valence-corrected chi connectivity index (χ2v) is 7.06. The molecule has 4 rings (SSSR count). The van der Waals surface area contributed by atoms with Crippen LogP contribution in [0.5, 0.6) is 17.2 Å². The molecule has 0 radical (unpaired) electrons. The molecule has 2 heterocycles. The highest BCUT2D eigenvalue weighted by Gasteiger charge is 2.33. The summed E-state index contributed by atoms with van der Waals surface area (Å²) in [5.41, 5.74) is 0.866. The Kier molecular flexibility index (Phi) is 5.55. The fourth-order valence-electron chi connectivity index (χ4n) is 3.64. The summed E-state index contributed by atoms with van der Waals surface area (Å²) in [4.78, 5) is 29.0. The predicted molar refractivity (Wildman–Crippen MR) is 106 cm³/mol. The summed E-state index contributed by atoms with van der Waals surface area (Å²) in [5, 5.41) is 0. The van der Waals surface area contributed by atoms with Crippen LogP contribution >= 0.6 is 0 Å². The summed E-state index contributed by atoms with van der Waals surface area (Å²) in [6.07, 6.45) is -0.366. The third kappa shape index (κ3) is 4.13. The second kappa shape index (κ2) is 8.43. The van der Waals surface area contributed by atoms with Crippen LogP contribution in [0.1, 0.15) is 5.56 Å². The standard InChI is InChI=1S/C22H24N2O5/c1-27-17-7-3-2-6-16(17)14-21(25)23-10-12-24(13-11-23)22(26)20-15-28-18-8-4-5-9-19(18)29-20/h2-9,20H,10-15H2,1H3. The zero-order valence-electron chi connectivity index (χ0n) is 16.4. The molecule has 0 saturated carbocycles. The number of hydrogen-bond donors (Lipinski definition) is 0. The Hall–Kier alpha value is -3.22. The maximum Gasteiger partial charge on any atom is 0.267 e. The number of piperazine rings is 1. The molecular formula is C22H24N2O5. The number of methoxy groups -OCH3 is 1. The van der Waals surface area contributed by atoms with Gasteiger partial charge in [-0.25, -0.2) is 0 Å². The van der Waals surface area contributed by atoms with Gasteiger partial charge < -0.3 is 24.0 Å². The topological polar surface area (TPSA) is 68.3 Å². The third-order valence-corrected chi connectivity index (χ3v) is 5.26. The van der Waals surface area contributed by atoms with E-state index in [1.54, 1.807) is 23.0 Å². The van der Waals surface area contributed by atoms with Gasteiger partial charge in [-0.2, -0.15) is 0 Å². The fraction of sp³-hybridized carbons (Fsp3) is 0.364. The number of nitrogens with zero attached hydrogens (tertiary/aromatic N) is 2. The number of carbonyl (C=O) groups excluding carboxylic acids is 2. The van der Waals surface area contributed by atoms with Crippen molar-refractivity contribution in [3.63, 3.8) is 0 Å². The van der Waals surface area contributed by atoms with Crippen LogP contribution in [0.3, 0.4) is 0 Å². The molecule has 152 valence electrons. The largest absolute Gasteiger partial charge is 0.496 e. The molecule has 0 N–H and O–H groups in total. The highest BCUT2D eigenvalue weighted by molar-refractivity contribution is 5.83. The smallest absolute Gasteiger partial charge is 0.267 e. The maximum absolute atomic E-state index is 12.8. The molecule has 0 aromatic heterocycles. The fourth-order valence-corrected chi connectivity index (χ4v) is 3.64. The zero-order valence-corrected chi connectivity index (χ0v) is 16.4. The Bertz CT molecular complexity index is 892. The van der Waals surface area contributed by atoms with Crippen molar-refractivity contribution in [1.29, 1.82) is 0 Å². The van der Waals surface area contributed by atoms with Gasteiger partial charge in [0.05, 0.1) is 13.5 Å². The van der Waals surface area contributed by atoms with Crippen molar-refractivity contribution in [2.24, 2.45) is 0 Å². The summed E-state index contributed by atoms with van der Waals surface area (Å²) in [6.45, 7) is 2.17. The molecule has 2 aromatic carbocycles. The van der Waals surface area contributed by atoms with E-state index in [1.165, 1.54) is 0 Å². The summed E-state index contributed by atoms with van der Waals surface area (Å²) < 4.78 is 16.8. The van der Waals surface area contributed by atoms with Crippen LogP contribution < -0.4 is 14.2 Å². The first-order chi connectivity index (χ1) is 14.2.